The van der Waals surface area contributed by atoms with E-state index in [1.165, 1.54) is 0 Å². The lowest BCUT2D eigenvalue weighted by molar-refractivity contribution is 0.0846. The Labute approximate surface area is 108 Å². The van der Waals surface area contributed by atoms with Gasteiger partial charge in [-0.15, -0.1) is 0 Å². The number of aromatic amines is 1. The third-order valence-corrected chi connectivity index (χ3v) is 3.54. The van der Waals surface area contributed by atoms with E-state index in [1.54, 1.807) is 0 Å². The van der Waals surface area contributed by atoms with Crippen molar-refractivity contribution in [3.8, 4) is 0 Å². The standard InChI is InChI=1S/C11H15BrN4O/c12-8-5-9(7-1-3-17-4-2-7)16-10(8)11(14)15-6-13/h5-7,16H,1-4H2,(H3,13,14,15). The second-order valence-electron chi connectivity index (χ2n) is 3.98. The first-order valence-corrected chi connectivity index (χ1v) is 6.30. The summed E-state index contributed by atoms with van der Waals surface area (Å²) >= 11 is 3.46. The zero-order valence-corrected chi connectivity index (χ0v) is 11.0. The Bertz CT molecular complexity index is 435. The van der Waals surface area contributed by atoms with Crippen LogP contribution >= 0.6 is 15.9 Å². The first-order valence-electron chi connectivity index (χ1n) is 5.51. The molecule has 1 fully saturated rings. The molecule has 2 rings (SSSR count). The normalized spacial score (nSPS) is 18.3. The van der Waals surface area contributed by atoms with Crippen molar-refractivity contribution in [1.82, 2.24) is 4.98 Å². The Kier molecular flexibility index (Phi) is 3.96. The van der Waals surface area contributed by atoms with E-state index in [4.69, 9.17) is 15.9 Å². The van der Waals surface area contributed by atoms with Crippen molar-refractivity contribution >= 4 is 28.1 Å². The van der Waals surface area contributed by atoms with E-state index in [-0.39, 0.29) is 0 Å². The highest BCUT2D eigenvalue weighted by Crippen LogP contribution is 2.29. The number of hydrogen-bond acceptors (Lipinski definition) is 2. The van der Waals surface area contributed by atoms with Crippen molar-refractivity contribution in [3.05, 3.63) is 21.9 Å². The Morgan fingerprint density at radius 1 is 1.59 bits per heavy atom. The van der Waals surface area contributed by atoms with Gasteiger partial charge in [-0.05, 0) is 34.8 Å². The fraction of sp³-hybridized carbons (Fsp3) is 0.455. The third-order valence-electron chi connectivity index (χ3n) is 2.91. The van der Waals surface area contributed by atoms with Gasteiger partial charge in [0.25, 0.3) is 0 Å². The molecule has 2 heterocycles. The molecule has 17 heavy (non-hydrogen) atoms. The number of nitrogens with two attached hydrogens (primary N) is 1. The number of nitrogens with one attached hydrogen (secondary N) is 2. The Morgan fingerprint density at radius 3 is 2.94 bits per heavy atom. The number of amidine groups is 1. The van der Waals surface area contributed by atoms with Crippen molar-refractivity contribution in [2.75, 3.05) is 13.2 Å². The highest BCUT2D eigenvalue weighted by atomic mass is 79.9. The molecule has 0 aromatic carbocycles. The van der Waals surface area contributed by atoms with Crippen LogP contribution in [0.15, 0.2) is 15.5 Å². The molecule has 1 saturated heterocycles. The number of ether oxygens (including phenoxy) is 1. The molecule has 92 valence electrons. The highest BCUT2D eigenvalue weighted by Gasteiger charge is 2.19. The Morgan fingerprint density at radius 2 is 2.29 bits per heavy atom. The fourth-order valence-corrected chi connectivity index (χ4v) is 2.55. The van der Waals surface area contributed by atoms with E-state index in [0.717, 1.165) is 48.3 Å². The first kappa shape index (κ1) is 12.3. The van der Waals surface area contributed by atoms with Crippen LogP contribution in [-0.4, -0.2) is 30.4 Å². The van der Waals surface area contributed by atoms with Gasteiger partial charge < -0.3 is 15.5 Å². The van der Waals surface area contributed by atoms with E-state index in [2.05, 4.69) is 25.9 Å². The summed E-state index contributed by atoms with van der Waals surface area (Å²) in [6, 6.07) is 2.04. The molecule has 0 radical (unpaired) electrons. The summed E-state index contributed by atoms with van der Waals surface area (Å²) in [6.45, 7) is 1.61. The molecule has 6 heteroatoms. The molecule has 1 aliphatic rings. The maximum Gasteiger partial charge on any atom is 0.150 e. The maximum absolute atomic E-state index is 6.92. The van der Waals surface area contributed by atoms with Gasteiger partial charge in [0.15, 0.2) is 0 Å². The van der Waals surface area contributed by atoms with Gasteiger partial charge in [-0.2, -0.15) is 0 Å². The topological polar surface area (TPSA) is 87.3 Å². The minimum absolute atomic E-state index is 0.324. The van der Waals surface area contributed by atoms with Crippen LogP contribution < -0.4 is 5.73 Å². The summed E-state index contributed by atoms with van der Waals surface area (Å²) in [5.41, 5.74) is 7.66. The number of hydrogen-bond donors (Lipinski definition) is 3. The van der Waals surface area contributed by atoms with E-state index < -0.39 is 0 Å². The molecular formula is C11H15BrN4O. The van der Waals surface area contributed by atoms with E-state index in [9.17, 15) is 0 Å². The molecule has 0 saturated carbocycles. The summed E-state index contributed by atoms with van der Waals surface area (Å²) in [6.07, 6.45) is 2.98. The van der Waals surface area contributed by atoms with Crippen LogP contribution in [0.25, 0.3) is 0 Å². The van der Waals surface area contributed by atoms with Gasteiger partial charge in [0.05, 0.1) is 5.69 Å². The number of aromatic nitrogens is 1. The maximum atomic E-state index is 6.92. The molecule has 1 aromatic rings. The first-order chi connectivity index (χ1) is 8.22. The minimum atomic E-state index is 0.324. The molecule has 0 bridgehead atoms. The number of H-pyrrole nitrogens is 1. The van der Waals surface area contributed by atoms with Crippen LogP contribution in [0.1, 0.15) is 30.1 Å². The molecule has 0 amide bonds. The molecule has 0 unspecified atom stereocenters. The molecule has 4 N–H and O–H groups in total. The van der Waals surface area contributed by atoms with Crippen LogP contribution in [0, 0.1) is 5.41 Å². The number of aliphatic imine (C=N–C) groups is 1. The fourth-order valence-electron chi connectivity index (χ4n) is 2.00. The largest absolute Gasteiger partial charge is 0.382 e. The van der Waals surface area contributed by atoms with Gasteiger partial charge in [-0.25, -0.2) is 4.99 Å². The van der Waals surface area contributed by atoms with E-state index >= 15 is 0 Å². The van der Waals surface area contributed by atoms with Gasteiger partial charge in [-0.3, -0.25) is 5.41 Å². The summed E-state index contributed by atoms with van der Waals surface area (Å²) in [5.74, 6) is 0.812. The van der Waals surface area contributed by atoms with Gasteiger partial charge in [0.1, 0.15) is 12.2 Å². The zero-order chi connectivity index (χ0) is 12.3. The predicted octanol–water partition coefficient (Wildman–Crippen LogP) is 1.98. The minimum Gasteiger partial charge on any atom is -0.382 e. The number of rotatable bonds is 3. The van der Waals surface area contributed by atoms with Crippen LogP contribution in [0.3, 0.4) is 0 Å². The molecule has 5 nitrogen and oxygen atoms in total. The van der Waals surface area contributed by atoms with Gasteiger partial charge in [0.2, 0.25) is 0 Å². The monoisotopic (exact) mass is 298 g/mol. The van der Waals surface area contributed by atoms with E-state index in [0.29, 0.717) is 11.8 Å². The molecule has 1 aliphatic heterocycles. The van der Waals surface area contributed by atoms with Crippen molar-refractivity contribution in [3.63, 3.8) is 0 Å². The van der Waals surface area contributed by atoms with Crippen molar-refractivity contribution in [2.24, 2.45) is 10.7 Å². The molecule has 0 atom stereocenters. The van der Waals surface area contributed by atoms with Crippen LogP contribution in [0.2, 0.25) is 0 Å². The van der Waals surface area contributed by atoms with E-state index in [1.807, 2.05) is 6.07 Å². The summed E-state index contributed by atoms with van der Waals surface area (Å²) in [4.78, 5) is 7.04. The average Bonchev–Trinajstić information content (AvgIpc) is 2.73. The van der Waals surface area contributed by atoms with Gasteiger partial charge in [-0.1, -0.05) is 0 Å². The van der Waals surface area contributed by atoms with Crippen molar-refractivity contribution in [1.29, 1.82) is 5.41 Å². The SMILES string of the molecule is N=CN=C(N)c1[nH]c(C2CCOCC2)cc1Br. The quantitative estimate of drug-likeness (QED) is 0.588. The number of halogens is 1. The Balaban J connectivity index is 2.23. The Hall–Kier alpha value is -1.14. The smallest absolute Gasteiger partial charge is 0.150 e. The lowest BCUT2D eigenvalue weighted by atomic mass is 9.97. The molecular weight excluding hydrogens is 284 g/mol. The zero-order valence-electron chi connectivity index (χ0n) is 9.37. The lowest BCUT2D eigenvalue weighted by Crippen LogP contribution is -2.16. The molecule has 1 aromatic heterocycles. The van der Waals surface area contributed by atoms with Crippen molar-refractivity contribution in [2.45, 2.75) is 18.8 Å². The second kappa shape index (κ2) is 5.46. The lowest BCUT2D eigenvalue weighted by Gasteiger charge is -2.20. The van der Waals surface area contributed by atoms with Gasteiger partial charge in [0, 0.05) is 29.3 Å². The third kappa shape index (κ3) is 2.76. The summed E-state index contributed by atoms with van der Waals surface area (Å²) in [5, 5.41) is 6.92. The van der Waals surface area contributed by atoms with Crippen LogP contribution in [0.4, 0.5) is 0 Å². The second-order valence-corrected chi connectivity index (χ2v) is 4.83. The van der Waals surface area contributed by atoms with Gasteiger partial charge >= 0.3 is 0 Å². The average molecular weight is 299 g/mol. The van der Waals surface area contributed by atoms with Crippen LogP contribution in [-0.2, 0) is 4.74 Å². The summed E-state index contributed by atoms with van der Waals surface area (Å²) in [7, 11) is 0. The summed E-state index contributed by atoms with van der Waals surface area (Å²) < 4.78 is 6.23. The van der Waals surface area contributed by atoms with Crippen LogP contribution in [0.5, 0.6) is 0 Å². The molecule has 0 spiro atoms. The van der Waals surface area contributed by atoms with Crippen molar-refractivity contribution < 1.29 is 4.74 Å². The predicted molar refractivity (Wildman–Crippen MR) is 70.8 cm³/mol. The molecule has 0 aliphatic carbocycles. The number of nitrogens with zero attached hydrogens (tertiary/aromatic N) is 1. The highest BCUT2D eigenvalue weighted by molar-refractivity contribution is 9.10.